The van der Waals surface area contributed by atoms with Gasteiger partial charge in [-0.3, -0.25) is 81.5 Å². The van der Waals surface area contributed by atoms with Gasteiger partial charge in [-0.15, -0.1) is 8.67 Å². The Hall–Kier alpha value is -3.20. The van der Waals surface area contributed by atoms with Crippen LogP contribution in [0.4, 0.5) is 0 Å². The molecule has 2 heterocycles. The normalized spacial score (nSPS) is 43.9. The van der Waals surface area contributed by atoms with Crippen molar-refractivity contribution in [3.63, 3.8) is 0 Å². The first-order valence-corrected chi connectivity index (χ1v) is 34.6. The quantitative estimate of drug-likeness (QED) is 0.0151. The van der Waals surface area contributed by atoms with E-state index in [4.69, 9.17) is 30.6 Å². The van der Waals surface area contributed by atoms with Crippen molar-refractivity contribution in [3.8, 4) is 0 Å². The maximum absolute atomic E-state index is 12.8. The molecule has 90 heavy (non-hydrogen) atoms. The van der Waals surface area contributed by atoms with Crippen LogP contribution in [-0.2, 0) is 58.2 Å². The van der Waals surface area contributed by atoms with Gasteiger partial charge in [0.05, 0.1) is 69.0 Å². The molecule has 512 valence electrons. The maximum Gasteiger partial charge on any atom is 0.306 e. The summed E-state index contributed by atoms with van der Waals surface area (Å²) >= 11 is 1.20. The van der Waals surface area contributed by atoms with Crippen molar-refractivity contribution in [1.82, 2.24) is 53.2 Å². The van der Waals surface area contributed by atoms with Crippen molar-refractivity contribution in [3.05, 3.63) is 0 Å². The summed E-state index contributed by atoms with van der Waals surface area (Å²) in [5.41, 5.74) is 12.9. The summed E-state index contributed by atoms with van der Waals surface area (Å²) in [6, 6.07) is -5.61. The molecule has 9 rings (SSSR count). The molecule has 0 radical (unpaired) electrons. The standard InChI is InChI=1S/C48H84N16O22S4/c49-43-55-45(59-47(57-43)53-29-15-27(89(77,78)79)11-17-13-31(87-85-83-75)35(37(65)33(17)29)63-61-25-7-19(39(67)68)5-20(8-25)40(69)70)51-23-1-2-24(4-3-23)52-46-56-44(50)58-48(60-46)54-30-16-28(90(80,81)82)12-18-14-32(88-86-84-76)36(38(66)34(18)30)64-62-26-9-21(41(71)72)6-22(10-26)42(73)74/h17-38,43-48,51-60,65-66,75-76H,1-16,49-50H2,(H,67,68)(H,69,70)(H,71,72)(H,73,74)(H,77,78,79)(H,80,81,82). The number of carbonyl (C=O) groups is 4. The number of aliphatic hydroxyl groups is 2. The highest BCUT2D eigenvalue weighted by molar-refractivity contribution is 7.95. The predicted octanol–water partition coefficient (Wildman–Crippen LogP) is -2.90. The third kappa shape index (κ3) is 18.2. The van der Waals surface area contributed by atoms with Crippen molar-refractivity contribution in [2.24, 2.45) is 79.3 Å². The van der Waals surface area contributed by atoms with Crippen molar-refractivity contribution < 1.29 is 105 Å². The van der Waals surface area contributed by atoms with Crippen LogP contribution in [0.2, 0.25) is 0 Å². The molecule has 24 N–H and O–H groups in total. The van der Waals surface area contributed by atoms with E-state index in [2.05, 4.69) is 83.7 Å². The number of nitrogens with two attached hydrogens (primary N) is 2. The molecule has 0 aromatic heterocycles. The number of nitrogens with one attached hydrogen (secondary N) is 10. The smallest absolute Gasteiger partial charge is 0.306 e. The van der Waals surface area contributed by atoms with E-state index in [0.717, 1.165) is 0 Å². The first-order chi connectivity index (χ1) is 42.6. The van der Waals surface area contributed by atoms with Crippen LogP contribution >= 0.6 is 24.1 Å². The van der Waals surface area contributed by atoms with Crippen molar-refractivity contribution in [2.75, 3.05) is 0 Å². The molecule has 9 aliphatic rings. The summed E-state index contributed by atoms with van der Waals surface area (Å²) in [5.74, 6) is -11.3. The Labute approximate surface area is 525 Å². The van der Waals surface area contributed by atoms with Crippen LogP contribution in [0.5, 0.6) is 0 Å². The molecule has 0 spiro atoms. The molecule has 38 nitrogen and oxygen atoms in total. The van der Waals surface area contributed by atoms with Gasteiger partial charge in [-0.05, 0) is 115 Å². The number of aliphatic carboxylic acids is 4. The Morgan fingerprint density at radius 1 is 0.456 bits per heavy atom. The van der Waals surface area contributed by atoms with E-state index in [-0.39, 0.29) is 89.1 Å². The molecule has 42 heteroatoms. The first-order valence-electron chi connectivity index (χ1n) is 30.0. The van der Waals surface area contributed by atoms with Crippen LogP contribution in [-0.4, -0.2) is 210 Å². The predicted molar refractivity (Wildman–Crippen MR) is 310 cm³/mol. The average Bonchev–Trinajstić information content (AvgIpc) is 0.771. The number of aliphatic hydroxyl groups excluding tert-OH is 2. The molecule has 7 saturated carbocycles. The first kappa shape index (κ1) is 71.1. The molecular weight excluding hydrogens is 1280 g/mol. The van der Waals surface area contributed by atoms with Crippen molar-refractivity contribution in [1.29, 1.82) is 0 Å². The van der Waals surface area contributed by atoms with Crippen LogP contribution in [0.1, 0.15) is 103 Å². The van der Waals surface area contributed by atoms with Crippen LogP contribution < -0.4 is 64.6 Å². The third-order valence-corrected chi connectivity index (χ3v) is 23.7. The number of azo groups is 2. The van der Waals surface area contributed by atoms with Crippen LogP contribution in [0, 0.1) is 47.3 Å². The van der Waals surface area contributed by atoms with Crippen molar-refractivity contribution >= 4 is 68.2 Å². The zero-order chi connectivity index (χ0) is 64.9. The van der Waals surface area contributed by atoms with Gasteiger partial charge in [0.2, 0.25) is 0 Å². The molecule has 24 atom stereocenters. The second-order valence-corrected chi connectivity index (χ2v) is 30.6. The molecule has 2 aliphatic heterocycles. The second kappa shape index (κ2) is 31.1. The Balaban J connectivity index is 0.814. The summed E-state index contributed by atoms with van der Waals surface area (Å²) in [5, 5.41) is 136. The molecule has 0 aromatic carbocycles. The van der Waals surface area contributed by atoms with Gasteiger partial charge in [0.15, 0.2) is 0 Å². The third-order valence-electron chi connectivity index (χ3n) is 19.6. The molecule has 0 bridgehead atoms. The van der Waals surface area contributed by atoms with Gasteiger partial charge in [-0.1, -0.05) is 10.1 Å². The Kier molecular flexibility index (Phi) is 24.6. The Morgan fingerprint density at radius 2 is 0.778 bits per heavy atom. The number of carboxylic acids is 4. The summed E-state index contributed by atoms with van der Waals surface area (Å²) in [7, 11) is -9.22. The molecule has 2 saturated heterocycles. The van der Waals surface area contributed by atoms with E-state index in [1.54, 1.807) is 0 Å². The summed E-state index contributed by atoms with van der Waals surface area (Å²) in [6.07, 6.45) is -4.94. The zero-order valence-corrected chi connectivity index (χ0v) is 51.7. The Bertz CT molecular complexity index is 2540. The monoisotopic (exact) mass is 1360 g/mol. The van der Waals surface area contributed by atoms with Gasteiger partial charge < -0.3 is 42.1 Å². The number of hydrogen-bond acceptors (Lipinski definition) is 34. The fourth-order valence-corrected chi connectivity index (χ4v) is 18.9. The van der Waals surface area contributed by atoms with Gasteiger partial charge in [0, 0.05) is 60.1 Å². The summed E-state index contributed by atoms with van der Waals surface area (Å²) in [6.45, 7) is 0. The molecule has 0 aromatic rings. The van der Waals surface area contributed by atoms with Gasteiger partial charge in [0.1, 0.15) is 49.8 Å². The lowest BCUT2D eigenvalue weighted by atomic mass is 9.65. The van der Waals surface area contributed by atoms with Gasteiger partial charge in [-0.2, -0.15) is 37.3 Å². The number of hydrogen-bond donors (Lipinski definition) is 22. The van der Waals surface area contributed by atoms with E-state index in [1.165, 1.54) is 0 Å². The minimum Gasteiger partial charge on any atom is -0.481 e. The van der Waals surface area contributed by atoms with E-state index < -0.39 is 199 Å². The number of nitrogens with zero attached hydrogens (tertiary/aromatic N) is 4. The van der Waals surface area contributed by atoms with E-state index in [9.17, 15) is 75.8 Å². The van der Waals surface area contributed by atoms with Gasteiger partial charge >= 0.3 is 23.9 Å². The maximum atomic E-state index is 12.8. The molecule has 0 amide bonds. The minimum atomic E-state index is -4.61. The lowest BCUT2D eigenvalue weighted by molar-refractivity contribution is -0.432. The summed E-state index contributed by atoms with van der Waals surface area (Å²) < 4.78 is 81.6. The molecule has 9 fully saturated rings. The van der Waals surface area contributed by atoms with E-state index >= 15 is 0 Å². The molecular formula is C48H84N16O22S4. The van der Waals surface area contributed by atoms with Crippen LogP contribution in [0.25, 0.3) is 0 Å². The van der Waals surface area contributed by atoms with E-state index in [0.29, 0.717) is 49.8 Å². The van der Waals surface area contributed by atoms with Crippen LogP contribution in [0.3, 0.4) is 0 Å². The molecule has 7 aliphatic carbocycles. The second-order valence-electron chi connectivity index (χ2n) is 25.3. The van der Waals surface area contributed by atoms with E-state index in [1.807, 2.05) is 0 Å². The number of rotatable bonds is 24. The topological polar surface area (TPSA) is 598 Å². The highest BCUT2D eigenvalue weighted by atomic mass is 32.2. The summed E-state index contributed by atoms with van der Waals surface area (Å²) in [4.78, 5) is 47.8. The minimum absolute atomic E-state index is 0.00591. The molecule has 24 unspecified atom stereocenters. The fourth-order valence-electron chi connectivity index (χ4n) is 15.5. The largest absolute Gasteiger partial charge is 0.481 e. The lowest BCUT2D eigenvalue weighted by Crippen LogP contribution is -2.79. The van der Waals surface area contributed by atoms with Crippen LogP contribution in [0.15, 0.2) is 20.5 Å². The van der Waals surface area contributed by atoms with Gasteiger partial charge in [-0.25, -0.2) is 10.5 Å². The van der Waals surface area contributed by atoms with Gasteiger partial charge in [0.25, 0.3) is 20.2 Å². The highest BCUT2D eigenvalue weighted by Gasteiger charge is 2.56. The van der Waals surface area contributed by atoms with Crippen molar-refractivity contribution in [2.45, 2.75) is 222 Å². The fraction of sp³-hybridized carbons (Fsp3) is 0.917. The Morgan fingerprint density at radius 3 is 1.08 bits per heavy atom. The zero-order valence-electron chi connectivity index (χ0n) is 48.4. The number of carboxylic acid groups (broad SMARTS) is 4. The lowest BCUT2D eigenvalue weighted by Gasteiger charge is -2.51. The highest BCUT2D eigenvalue weighted by Crippen LogP contribution is 2.49. The number of fused-ring (bicyclic) bond motifs is 2. The average molecular weight is 1370 g/mol. The SMILES string of the molecule is NC1NC(NC2CCC(NC3NC(N)NC(NC4CC(S(=O)(=O)O)CC5CC(SOOO)C(N=NC6CC(C(=O)O)CC(C(=O)O)C6)C(O)C54)N3)CC2)NC(NC2CC(S(=O)(=O)O)CC3CC(SOOO)C(N=NC4CC(C(=O)O)CC(C(=O)O)C4)C(O)C32)N1.